The van der Waals surface area contributed by atoms with Crippen molar-refractivity contribution in [1.82, 2.24) is 10.2 Å². The van der Waals surface area contributed by atoms with Crippen LogP contribution in [0.5, 0.6) is 0 Å². The molecule has 0 radical (unpaired) electrons. The van der Waals surface area contributed by atoms with Gasteiger partial charge in [0, 0.05) is 5.56 Å². The maximum Gasteiger partial charge on any atom is 0.153 e. The highest BCUT2D eigenvalue weighted by atomic mass is 19.1. The molecule has 2 rings (SSSR count). The number of carbonyl (C=O) groups is 1. The quantitative estimate of drug-likeness (QED) is 0.768. The zero-order valence-corrected chi connectivity index (χ0v) is 7.50. The third-order valence-corrected chi connectivity index (χ3v) is 1.99. The number of rotatable bonds is 2. The van der Waals surface area contributed by atoms with E-state index in [0.29, 0.717) is 6.29 Å². The Labute approximate surface area is 83.7 Å². The summed E-state index contributed by atoms with van der Waals surface area (Å²) >= 11 is 0. The van der Waals surface area contributed by atoms with Gasteiger partial charge < -0.3 is 0 Å². The number of aldehydes is 1. The molecule has 15 heavy (non-hydrogen) atoms. The average molecular weight is 208 g/mol. The second kappa shape index (κ2) is 3.61. The van der Waals surface area contributed by atoms with E-state index >= 15 is 0 Å². The molecule has 1 heterocycles. The summed E-state index contributed by atoms with van der Waals surface area (Å²) in [5.74, 6) is -1.18. The number of carbonyl (C=O) groups excluding carboxylic acids is 1. The van der Waals surface area contributed by atoms with Crippen LogP contribution in [0.1, 0.15) is 10.4 Å². The van der Waals surface area contributed by atoms with Crippen LogP contribution in [0, 0.1) is 11.6 Å². The van der Waals surface area contributed by atoms with Crippen LogP contribution < -0.4 is 0 Å². The van der Waals surface area contributed by atoms with E-state index in [1.807, 2.05) is 0 Å². The van der Waals surface area contributed by atoms with Gasteiger partial charge in [0.25, 0.3) is 0 Å². The van der Waals surface area contributed by atoms with Crippen molar-refractivity contribution in [3.63, 3.8) is 0 Å². The van der Waals surface area contributed by atoms with Gasteiger partial charge in [0.1, 0.15) is 11.6 Å². The van der Waals surface area contributed by atoms with Crippen LogP contribution in [0.4, 0.5) is 8.78 Å². The van der Waals surface area contributed by atoms with Crippen LogP contribution in [-0.2, 0) is 0 Å². The molecule has 1 N–H and O–H groups in total. The Balaban J connectivity index is 2.62. The minimum atomic E-state index is -0.608. The van der Waals surface area contributed by atoms with Gasteiger partial charge in [-0.05, 0) is 18.2 Å². The fourth-order valence-electron chi connectivity index (χ4n) is 1.29. The molecule has 5 heteroatoms. The van der Waals surface area contributed by atoms with Crippen molar-refractivity contribution in [1.29, 1.82) is 0 Å². The van der Waals surface area contributed by atoms with Crippen molar-refractivity contribution in [3.05, 3.63) is 41.6 Å². The summed E-state index contributed by atoms with van der Waals surface area (Å²) in [5, 5.41) is 6.05. The molecule has 1 aromatic carbocycles. The first-order chi connectivity index (χ1) is 7.22. The van der Waals surface area contributed by atoms with Crippen LogP contribution in [0.3, 0.4) is 0 Å². The van der Waals surface area contributed by atoms with Crippen molar-refractivity contribution in [3.8, 4) is 11.3 Å². The smallest absolute Gasteiger partial charge is 0.153 e. The molecular formula is C10H6F2N2O. The van der Waals surface area contributed by atoms with Gasteiger partial charge >= 0.3 is 0 Å². The number of aromatic nitrogens is 2. The summed E-state index contributed by atoms with van der Waals surface area (Å²) in [6.07, 6.45) is 1.79. The van der Waals surface area contributed by atoms with Gasteiger partial charge in [-0.1, -0.05) is 0 Å². The second-order valence-electron chi connectivity index (χ2n) is 2.94. The summed E-state index contributed by atoms with van der Waals surface area (Å²) in [6.45, 7) is 0. The molecule has 0 aliphatic rings. The first-order valence-corrected chi connectivity index (χ1v) is 4.16. The Hall–Kier alpha value is -2.04. The topological polar surface area (TPSA) is 45.8 Å². The lowest BCUT2D eigenvalue weighted by Gasteiger charge is -2.00. The highest BCUT2D eigenvalue weighted by molar-refractivity contribution is 5.85. The third kappa shape index (κ3) is 1.63. The molecule has 1 aromatic heterocycles. The van der Waals surface area contributed by atoms with E-state index in [1.54, 1.807) is 0 Å². The normalized spacial score (nSPS) is 10.3. The third-order valence-electron chi connectivity index (χ3n) is 1.99. The Morgan fingerprint density at radius 1 is 1.33 bits per heavy atom. The van der Waals surface area contributed by atoms with Gasteiger partial charge in [0.05, 0.1) is 17.5 Å². The zero-order valence-electron chi connectivity index (χ0n) is 7.50. The number of hydrogen-bond acceptors (Lipinski definition) is 2. The van der Waals surface area contributed by atoms with E-state index in [0.717, 1.165) is 18.2 Å². The molecule has 0 amide bonds. The predicted octanol–water partition coefficient (Wildman–Crippen LogP) is 2.17. The largest absolute Gasteiger partial charge is 0.298 e. The van der Waals surface area contributed by atoms with Crippen molar-refractivity contribution in [2.75, 3.05) is 0 Å². The average Bonchev–Trinajstić information content (AvgIpc) is 2.69. The minimum Gasteiger partial charge on any atom is -0.298 e. The molecule has 0 bridgehead atoms. The van der Waals surface area contributed by atoms with Gasteiger partial charge in [-0.3, -0.25) is 9.89 Å². The van der Waals surface area contributed by atoms with Crippen molar-refractivity contribution in [2.24, 2.45) is 0 Å². The number of hydrogen-bond donors (Lipinski definition) is 1. The van der Waals surface area contributed by atoms with Crippen LogP contribution >= 0.6 is 0 Å². The van der Waals surface area contributed by atoms with E-state index in [2.05, 4.69) is 10.2 Å². The minimum absolute atomic E-state index is 0.00500. The summed E-state index contributed by atoms with van der Waals surface area (Å²) in [4.78, 5) is 10.6. The second-order valence-corrected chi connectivity index (χ2v) is 2.94. The molecule has 2 aromatic rings. The van der Waals surface area contributed by atoms with E-state index in [-0.39, 0.29) is 16.8 Å². The maximum absolute atomic E-state index is 13.3. The molecule has 0 spiro atoms. The highest BCUT2D eigenvalue weighted by Crippen LogP contribution is 2.23. The molecule has 0 saturated heterocycles. The Bertz CT molecular complexity index is 508. The van der Waals surface area contributed by atoms with Gasteiger partial charge in [-0.25, -0.2) is 8.78 Å². The number of aromatic amines is 1. The standard InChI is InChI=1S/C10H6F2N2O/c11-7-1-2-9(12)8(3-7)10-6(5-15)4-13-14-10/h1-5H,(H,13,14). The van der Waals surface area contributed by atoms with Gasteiger partial charge in [0.15, 0.2) is 6.29 Å². The fraction of sp³-hybridized carbons (Fsp3) is 0. The molecule has 0 saturated carbocycles. The zero-order chi connectivity index (χ0) is 10.8. The van der Waals surface area contributed by atoms with Gasteiger partial charge in [-0.15, -0.1) is 0 Å². The molecule has 0 aliphatic heterocycles. The van der Waals surface area contributed by atoms with E-state index in [4.69, 9.17) is 0 Å². The molecule has 0 fully saturated rings. The fourth-order valence-corrected chi connectivity index (χ4v) is 1.29. The van der Waals surface area contributed by atoms with Crippen LogP contribution in [0.25, 0.3) is 11.3 Å². The van der Waals surface area contributed by atoms with Crippen LogP contribution in [0.15, 0.2) is 24.4 Å². The molecular weight excluding hydrogens is 202 g/mol. The van der Waals surface area contributed by atoms with E-state index in [9.17, 15) is 13.6 Å². The molecule has 0 unspecified atom stereocenters. The molecule has 0 atom stereocenters. The maximum atomic E-state index is 13.3. The Morgan fingerprint density at radius 3 is 2.87 bits per heavy atom. The van der Waals surface area contributed by atoms with E-state index < -0.39 is 11.6 Å². The van der Waals surface area contributed by atoms with Crippen molar-refractivity contribution in [2.45, 2.75) is 0 Å². The first kappa shape index (κ1) is 9.51. The Morgan fingerprint density at radius 2 is 2.13 bits per heavy atom. The van der Waals surface area contributed by atoms with Gasteiger partial charge in [0.2, 0.25) is 0 Å². The number of nitrogens with zero attached hydrogens (tertiary/aromatic N) is 1. The first-order valence-electron chi connectivity index (χ1n) is 4.16. The number of benzene rings is 1. The monoisotopic (exact) mass is 208 g/mol. The SMILES string of the molecule is O=Cc1cn[nH]c1-c1cc(F)ccc1F. The lowest BCUT2D eigenvalue weighted by atomic mass is 10.1. The summed E-state index contributed by atoms with van der Waals surface area (Å²) < 4.78 is 26.2. The van der Waals surface area contributed by atoms with Crippen LogP contribution in [-0.4, -0.2) is 16.5 Å². The number of nitrogens with one attached hydrogen (secondary N) is 1. The molecule has 0 aliphatic carbocycles. The number of halogens is 2. The molecule has 76 valence electrons. The van der Waals surface area contributed by atoms with E-state index in [1.165, 1.54) is 6.20 Å². The Kier molecular flexibility index (Phi) is 2.29. The summed E-state index contributed by atoms with van der Waals surface area (Å²) in [5.41, 5.74) is 0.371. The van der Waals surface area contributed by atoms with Crippen molar-refractivity contribution < 1.29 is 13.6 Å². The lowest BCUT2D eigenvalue weighted by Crippen LogP contribution is -1.90. The summed E-state index contributed by atoms with van der Waals surface area (Å²) in [6, 6.07) is 3.02. The van der Waals surface area contributed by atoms with Crippen LogP contribution in [0.2, 0.25) is 0 Å². The van der Waals surface area contributed by atoms with Crippen molar-refractivity contribution >= 4 is 6.29 Å². The van der Waals surface area contributed by atoms with Gasteiger partial charge in [-0.2, -0.15) is 5.10 Å². The highest BCUT2D eigenvalue weighted by Gasteiger charge is 2.12. The predicted molar refractivity (Wildman–Crippen MR) is 49.3 cm³/mol. The molecule has 3 nitrogen and oxygen atoms in total. The summed E-state index contributed by atoms with van der Waals surface area (Å²) in [7, 11) is 0. The lowest BCUT2D eigenvalue weighted by molar-refractivity contribution is 0.112. The number of H-pyrrole nitrogens is 1.